The summed E-state index contributed by atoms with van der Waals surface area (Å²) in [5, 5.41) is 12.8. The van der Waals surface area contributed by atoms with Gasteiger partial charge in [-0.05, 0) is 53.0 Å². The fourth-order valence-electron chi connectivity index (χ4n) is 4.78. The molecule has 0 saturated heterocycles. The summed E-state index contributed by atoms with van der Waals surface area (Å²) in [6.07, 6.45) is 6.05. The standard InChI is InChI=1S/C29H27N5O3/c1-2-18-15-23(25-26(18)31-17-32-27(25)30)19-10-12-21(13-11-19)33-28(36)22-9-6-14-34(29(22)37)24(16-35)20-7-4-3-5-8-20/h3-15,17,24,26,35H,2,16H2,1H3,(H,33,36)(H2,30,31,32)/t24-,26?/m0/s1. The van der Waals surface area contributed by atoms with Gasteiger partial charge in [-0.15, -0.1) is 0 Å². The van der Waals surface area contributed by atoms with Gasteiger partial charge in [0.25, 0.3) is 11.5 Å². The lowest BCUT2D eigenvalue weighted by molar-refractivity contribution is 0.102. The van der Waals surface area contributed by atoms with Gasteiger partial charge in [-0.1, -0.05) is 55.5 Å². The van der Waals surface area contributed by atoms with Crippen LogP contribution >= 0.6 is 0 Å². The number of pyridine rings is 1. The van der Waals surface area contributed by atoms with Gasteiger partial charge in [-0.3, -0.25) is 14.6 Å². The molecule has 2 aromatic carbocycles. The molecular weight excluding hydrogens is 466 g/mol. The first-order valence-electron chi connectivity index (χ1n) is 12.1. The zero-order chi connectivity index (χ0) is 25.9. The average Bonchev–Trinajstić information content (AvgIpc) is 3.31. The minimum absolute atomic E-state index is 0.0101. The van der Waals surface area contributed by atoms with Crippen molar-refractivity contribution in [1.82, 2.24) is 4.57 Å². The number of aliphatic imine (C=N–C) groups is 2. The summed E-state index contributed by atoms with van der Waals surface area (Å²) in [6.45, 7) is 1.81. The van der Waals surface area contributed by atoms with E-state index in [9.17, 15) is 14.7 Å². The highest BCUT2D eigenvalue weighted by molar-refractivity contribution is 6.12. The Labute approximate surface area is 214 Å². The summed E-state index contributed by atoms with van der Waals surface area (Å²) in [5.74, 6) is -0.0601. The lowest BCUT2D eigenvalue weighted by Gasteiger charge is -2.18. The number of anilines is 1. The summed E-state index contributed by atoms with van der Waals surface area (Å²) < 4.78 is 1.38. The van der Waals surface area contributed by atoms with Gasteiger partial charge in [-0.25, -0.2) is 4.99 Å². The SMILES string of the molecule is CCC1=CC(c2ccc(NC(=O)c3cccn([C@@H](CO)c4ccccc4)c3=O)cc2)=C2C(N)=NC=NC12. The monoisotopic (exact) mass is 493 g/mol. The fraction of sp³-hybridized carbons (Fsp3) is 0.172. The first kappa shape index (κ1) is 24.1. The summed E-state index contributed by atoms with van der Waals surface area (Å²) in [5.41, 5.74) is 11.0. The van der Waals surface area contributed by atoms with E-state index >= 15 is 0 Å². The Morgan fingerprint density at radius 3 is 2.57 bits per heavy atom. The van der Waals surface area contributed by atoms with Crippen molar-refractivity contribution in [3.05, 3.63) is 117 Å². The van der Waals surface area contributed by atoms with Crippen molar-refractivity contribution in [2.24, 2.45) is 15.7 Å². The van der Waals surface area contributed by atoms with Gasteiger partial charge in [0, 0.05) is 17.5 Å². The predicted molar refractivity (Wildman–Crippen MR) is 146 cm³/mol. The summed E-state index contributed by atoms with van der Waals surface area (Å²) in [6, 6.07) is 19.0. The number of fused-ring (bicyclic) bond motifs is 1. The van der Waals surface area contributed by atoms with Crippen LogP contribution in [0.5, 0.6) is 0 Å². The average molecular weight is 494 g/mol. The lowest BCUT2D eigenvalue weighted by Crippen LogP contribution is -2.32. The number of nitrogens with zero attached hydrogens (tertiary/aromatic N) is 3. The molecule has 8 nitrogen and oxygen atoms in total. The number of carbonyl (C=O) groups is 1. The highest BCUT2D eigenvalue weighted by Crippen LogP contribution is 2.37. The van der Waals surface area contributed by atoms with E-state index < -0.39 is 17.5 Å². The van der Waals surface area contributed by atoms with Crippen LogP contribution in [0.3, 0.4) is 0 Å². The van der Waals surface area contributed by atoms with Gasteiger partial charge in [0.2, 0.25) is 0 Å². The molecule has 0 bridgehead atoms. The van der Waals surface area contributed by atoms with Crippen molar-refractivity contribution in [2.45, 2.75) is 25.4 Å². The molecule has 3 aromatic rings. The van der Waals surface area contributed by atoms with E-state index in [4.69, 9.17) is 5.73 Å². The van der Waals surface area contributed by atoms with E-state index in [1.807, 2.05) is 42.5 Å². The number of aromatic nitrogens is 1. The van der Waals surface area contributed by atoms with Crippen LogP contribution in [-0.2, 0) is 0 Å². The van der Waals surface area contributed by atoms with Crippen molar-refractivity contribution < 1.29 is 9.90 Å². The molecule has 2 heterocycles. The highest BCUT2D eigenvalue weighted by Gasteiger charge is 2.31. The number of amides is 1. The topological polar surface area (TPSA) is 122 Å². The van der Waals surface area contributed by atoms with Gasteiger partial charge >= 0.3 is 0 Å². The van der Waals surface area contributed by atoms with E-state index in [-0.39, 0.29) is 18.2 Å². The number of aliphatic hydroxyl groups is 1. The van der Waals surface area contributed by atoms with Crippen LogP contribution in [0.4, 0.5) is 5.69 Å². The molecule has 1 amide bonds. The van der Waals surface area contributed by atoms with E-state index in [0.29, 0.717) is 11.5 Å². The highest BCUT2D eigenvalue weighted by atomic mass is 16.3. The van der Waals surface area contributed by atoms with Gasteiger partial charge < -0.3 is 20.7 Å². The number of carbonyl (C=O) groups excluding carboxylic acids is 1. The quantitative estimate of drug-likeness (QED) is 0.466. The molecule has 2 atom stereocenters. The number of aliphatic hydroxyl groups excluding tert-OH is 1. The van der Waals surface area contributed by atoms with Crippen LogP contribution in [0, 0.1) is 0 Å². The molecule has 1 aliphatic carbocycles. The molecule has 186 valence electrons. The first-order chi connectivity index (χ1) is 18.0. The van der Waals surface area contributed by atoms with Crippen molar-refractivity contribution in [2.75, 3.05) is 11.9 Å². The molecule has 5 rings (SSSR count). The summed E-state index contributed by atoms with van der Waals surface area (Å²) >= 11 is 0. The van der Waals surface area contributed by atoms with Crippen LogP contribution in [-0.4, -0.2) is 40.4 Å². The van der Waals surface area contributed by atoms with Gasteiger partial charge in [-0.2, -0.15) is 0 Å². The van der Waals surface area contributed by atoms with Crippen LogP contribution in [0.25, 0.3) is 5.57 Å². The number of benzene rings is 2. The molecule has 1 unspecified atom stereocenters. The predicted octanol–water partition coefficient (Wildman–Crippen LogP) is 3.55. The second-order valence-corrected chi connectivity index (χ2v) is 8.86. The Morgan fingerprint density at radius 2 is 1.86 bits per heavy atom. The molecule has 0 fully saturated rings. The fourth-order valence-corrected chi connectivity index (χ4v) is 4.78. The van der Waals surface area contributed by atoms with Crippen LogP contribution in [0.15, 0.2) is 105 Å². The number of allylic oxidation sites excluding steroid dienone is 2. The van der Waals surface area contributed by atoms with Crippen molar-refractivity contribution in [3.8, 4) is 0 Å². The Morgan fingerprint density at radius 1 is 1.11 bits per heavy atom. The second kappa shape index (κ2) is 10.2. The van der Waals surface area contributed by atoms with Crippen LogP contribution in [0.1, 0.15) is 40.9 Å². The molecule has 8 heteroatoms. The number of amidine groups is 1. The number of hydrogen-bond acceptors (Lipinski definition) is 6. The maximum Gasteiger partial charge on any atom is 0.264 e. The normalized spacial score (nSPS) is 17.2. The minimum atomic E-state index is -0.591. The molecule has 1 aliphatic heterocycles. The molecule has 37 heavy (non-hydrogen) atoms. The van der Waals surface area contributed by atoms with Crippen molar-refractivity contribution in [3.63, 3.8) is 0 Å². The maximum absolute atomic E-state index is 13.2. The Kier molecular flexibility index (Phi) is 6.66. The Balaban J connectivity index is 1.39. The minimum Gasteiger partial charge on any atom is -0.394 e. The third kappa shape index (κ3) is 4.54. The van der Waals surface area contributed by atoms with Gasteiger partial charge in [0.05, 0.1) is 12.6 Å². The molecule has 4 N–H and O–H groups in total. The van der Waals surface area contributed by atoms with E-state index in [0.717, 1.165) is 28.7 Å². The van der Waals surface area contributed by atoms with Crippen LogP contribution < -0.4 is 16.6 Å². The lowest BCUT2D eigenvalue weighted by atomic mass is 9.98. The smallest absolute Gasteiger partial charge is 0.264 e. The van der Waals surface area contributed by atoms with Gasteiger partial charge in [0.15, 0.2) is 0 Å². The zero-order valence-corrected chi connectivity index (χ0v) is 20.3. The molecule has 0 radical (unpaired) electrons. The van der Waals surface area contributed by atoms with E-state index in [1.54, 1.807) is 24.4 Å². The first-order valence-corrected chi connectivity index (χ1v) is 12.1. The number of hydrogen-bond donors (Lipinski definition) is 3. The van der Waals surface area contributed by atoms with Gasteiger partial charge in [0.1, 0.15) is 23.8 Å². The largest absolute Gasteiger partial charge is 0.394 e. The number of nitrogens with one attached hydrogen (secondary N) is 1. The molecule has 1 aromatic heterocycles. The van der Waals surface area contributed by atoms with E-state index in [1.165, 1.54) is 22.5 Å². The zero-order valence-electron chi connectivity index (χ0n) is 20.3. The maximum atomic E-state index is 13.2. The third-order valence-electron chi connectivity index (χ3n) is 6.71. The molecule has 0 spiro atoms. The number of rotatable bonds is 7. The molecular formula is C29H27N5O3. The summed E-state index contributed by atoms with van der Waals surface area (Å²) in [7, 11) is 0. The van der Waals surface area contributed by atoms with Crippen LogP contribution in [0.2, 0.25) is 0 Å². The van der Waals surface area contributed by atoms with E-state index in [2.05, 4.69) is 28.3 Å². The number of nitrogens with two attached hydrogens (primary N) is 1. The summed E-state index contributed by atoms with van der Waals surface area (Å²) in [4.78, 5) is 34.9. The third-order valence-corrected chi connectivity index (χ3v) is 6.71. The molecule has 2 aliphatic rings. The second-order valence-electron chi connectivity index (χ2n) is 8.86. The van der Waals surface area contributed by atoms with Crippen molar-refractivity contribution in [1.29, 1.82) is 0 Å². The molecule has 0 saturated carbocycles. The Hall–Kier alpha value is -4.56. The Bertz CT molecular complexity index is 1520. The van der Waals surface area contributed by atoms with Crippen molar-refractivity contribution >= 4 is 29.3 Å².